The minimum atomic E-state index is -0.296. The van der Waals surface area contributed by atoms with Gasteiger partial charge in [0.05, 0.1) is 12.4 Å². The highest BCUT2D eigenvalue weighted by molar-refractivity contribution is 8.00. The Morgan fingerprint density at radius 3 is 2.50 bits per heavy atom. The van der Waals surface area contributed by atoms with Gasteiger partial charge in [0.15, 0.2) is 0 Å². The molecule has 2 heterocycles. The van der Waals surface area contributed by atoms with Crippen LogP contribution < -0.4 is 0 Å². The number of nitrogens with zero attached hydrogens (tertiary/aromatic N) is 3. The zero-order valence-electron chi connectivity index (χ0n) is 18.6. The summed E-state index contributed by atoms with van der Waals surface area (Å²) in [5.41, 5.74) is 3.69. The number of hydrogen-bond acceptors (Lipinski definition) is 4. The van der Waals surface area contributed by atoms with Gasteiger partial charge in [-0.05, 0) is 25.5 Å². The lowest BCUT2D eigenvalue weighted by Crippen LogP contribution is -2.51. The molecule has 6 nitrogen and oxygen atoms in total. The van der Waals surface area contributed by atoms with Gasteiger partial charge in [0, 0.05) is 54.7 Å². The summed E-state index contributed by atoms with van der Waals surface area (Å²) in [4.78, 5) is 29.3. The molecule has 0 spiro atoms. The third-order valence-corrected chi connectivity index (χ3v) is 6.72. The van der Waals surface area contributed by atoms with Gasteiger partial charge in [0.25, 0.3) is 0 Å². The Labute approximate surface area is 193 Å². The van der Waals surface area contributed by atoms with Crippen molar-refractivity contribution in [3.05, 3.63) is 65.9 Å². The molecule has 0 unspecified atom stereocenters. The molecule has 0 N–H and O–H groups in total. The number of ether oxygens (including phenoxy) is 1. The maximum absolute atomic E-state index is 12.8. The molecular weight excluding hydrogens is 422 g/mol. The number of para-hydroxylation sites is 1. The monoisotopic (exact) mass is 451 g/mol. The predicted octanol–water partition coefficient (Wildman–Crippen LogP) is 4.39. The fourth-order valence-corrected chi connectivity index (χ4v) is 5.04. The molecule has 1 fully saturated rings. The molecule has 2 amide bonds. The molecule has 1 aliphatic rings. The maximum atomic E-state index is 12.8. The van der Waals surface area contributed by atoms with Crippen LogP contribution in [-0.2, 0) is 16.1 Å². The molecule has 0 bridgehead atoms. The summed E-state index contributed by atoms with van der Waals surface area (Å²) in [7, 11) is 0. The number of fused-ring (bicyclic) bond motifs is 1. The van der Waals surface area contributed by atoms with Crippen molar-refractivity contribution < 1.29 is 14.3 Å². The number of carbonyl (C=O) groups excluding carboxylic acids is 2. The lowest BCUT2D eigenvalue weighted by Gasteiger charge is -2.34. The van der Waals surface area contributed by atoms with Crippen molar-refractivity contribution in [1.29, 1.82) is 0 Å². The maximum Gasteiger partial charge on any atom is 0.409 e. The Morgan fingerprint density at radius 1 is 1.00 bits per heavy atom. The van der Waals surface area contributed by atoms with E-state index >= 15 is 0 Å². The van der Waals surface area contributed by atoms with Crippen LogP contribution in [0.15, 0.2) is 59.6 Å². The number of piperazine rings is 1. The first-order valence-corrected chi connectivity index (χ1v) is 12.0. The molecule has 1 aromatic heterocycles. The summed E-state index contributed by atoms with van der Waals surface area (Å²) in [6.07, 6.45) is 1.86. The van der Waals surface area contributed by atoms with E-state index in [1.165, 1.54) is 22.0 Å². The Kier molecular flexibility index (Phi) is 7.05. The van der Waals surface area contributed by atoms with Crippen LogP contribution in [0.5, 0.6) is 0 Å². The van der Waals surface area contributed by atoms with E-state index < -0.39 is 0 Å². The molecule has 4 rings (SSSR count). The summed E-state index contributed by atoms with van der Waals surface area (Å²) in [6, 6.07) is 16.9. The molecule has 0 aliphatic carbocycles. The van der Waals surface area contributed by atoms with Gasteiger partial charge in [-0.1, -0.05) is 48.0 Å². The first-order valence-electron chi connectivity index (χ1n) is 11.0. The van der Waals surface area contributed by atoms with Gasteiger partial charge in [0.2, 0.25) is 5.91 Å². The third-order valence-electron chi connectivity index (χ3n) is 5.70. The van der Waals surface area contributed by atoms with E-state index in [9.17, 15) is 9.59 Å². The van der Waals surface area contributed by atoms with Gasteiger partial charge in [-0.25, -0.2) is 4.79 Å². The number of aromatic nitrogens is 1. The topological polar surface area (TPSA) is 54.8 Å². The molecule has 7 heteroatoms. The van der Waals surface area contributed by atoms with E-state index in [1.807, 2.05) is 11.0 Å². The molecule has 2 aromatic carbocycles. The van der Waals surface area contributed by atoms with Crippen molar-refractivity contribution in [2.45, 2.75) is 25.3 Å². The smallest absolute Gasteiger partial charge is 0.409 e. The molecule has 32 heavy (non-hydrogen) atoms. The first kappa shape index (κ1) is 22.3. The lowest BCUT2D eigenvalue weighted by atomic mass is 10.1. The van der Waals surface area contributed by atoms with Crippen LogP contribution in [0.2, 0.25) is 0 Å². The molecule has 3 aromatic rings. The molecule has 0 atom stereocenters. The first-order chi connectivity index (χ1) is 15.5. The predicted molar refractivity (Wildman–Crippen MR) is 128 cm³/mol. The number of carbonyl (C=O) groups is 2. The number of amides is 2. The molecule has 1 aliphatic heterocycles. The van der Waals surface area contributed by atoms with Gasteiger partial charge in [0.1, 0.15) is 0 Å². The second-order valence-electron chi connectivity index (χ2n) is 7.98. The molecule has 0 radical (unpaired) electrons. The van der Waals surface area contributed by atoms with Gasteiger partial charge in [-0.2, -0.15) is 0 Å². The highest BCUT2D eigenvalue weighted by atomic mass is 32.2. The lowest BCUT2D eigenvalue weighted by molar-refractivity contribution is -0.129. The number of aryl methyl sites for hydroxylation is 1. The minimum Gasteiger partial charge on any atom is -0.450 e. The van der Waals surface area contributed by atoms with Crippen molar-refractivity contribution in [3.8, 4) is 0 Å². The fraction of sp³-hybridized carbons (Fsp3) is 0.360. The second-order valence-corrected chi connectivity index (χ2v) is 9.00. The Morgan fingerprint density at radius 2 is 1.75 bits per heavy atom. The summed E-state index contributed by atoms with van der Waals surface area (Å²) in [5.74, 6) is 0.492. The average molecular weight is 452 g/mol. The molecule has 1 saturated heterocycles. The molecular formula is C25H29N3O3S. The van der Waals surface area contributed by atoms with Crippen LogP contribution in [0, 0.1) is 6.92 Å². The van der Waals surface area contributed by atoms with Crippen LogP contribution >= 0.6 is 11.8 Å². The highest BCUT2D eigenvalue weighted by Crippen LogP contribution is 2.31. The van der Waals surface area contributed by atoms with Crippen molar-refractivity contribution >= 4 is 34.7 Å². The van der Waals surface area contributed by atoms with Gasteiger partial charge in [-0.15, -0.1) is 11.8 Å². The van der Waals surface area contributed by atoms with Crippen molar-refractivity contribution in [2.75, 3.05) is 38.5 Å². The van der Waals surface area contributed by atoms with E-state index in [-0.39, 0.29) is 12.0 Å². The Bertz CT molecular complexity index is 1100. The average Bonchev–Trinajstić information content (AvgIpc) is 3.15. The van der Waals surface area contributed by atoms with Crippen LogP contribution in [0.3, 0.4) is 0 Å². The number of hydrogen-bond donors (Lipinski definition) is 0. The largest absolute Gasteiger partial charge is 0.450 e. The summed E-state index contributed by atoms with van der Waals surface area (Å²) in [6.45, 7) is 7.21. The van der Waals surface area contributed by atoms with Crippen LogP contribution in [0.1, 0.15) is 18.1 Å². The minimum absolute atomic E-state index is 0.106. The van der Waals surface area contributed by atoms with E-state index in [0.29, 0.717) is 38.5 Å². The summed E-state index contributed by atoms with van der Waals surface area (Å²) in [5, 5.41) is 1.17. The Balaban J connectivity index is 1.40. The van der Waals surface area contributed by atoms with Crippen LogP contribution in [0.25, 0.3) is 10.9 Å². The SMILES string of the molecule is CCOC(=O)N1CCN(C(=O)CSc2cn(Cc3cccc(C)c3)c3ccccc23)CC1. The quantitative estimate of drug-likeness (QED) is 0.522. The van der Waals surface area contributed by atoms with Crippen molar-refractivity contribution in [1.82, 2.24) is 14.4 Å². The van der Waals surface area contributed by atoms with E-state index in [4.69, 9.17) is 4.74 Å². The number of benzene rings is 2. The molecule has 168 valence electrons. The third kappa shape index (κ3) is 5.10. The van der Waals surface area contributed by atoms with E-state index in [1.54, 1.807) is 23.6 Å². The fourth-order valence-electron chi connectivity index (χ4n) is 4.05. The van der Waals surface area contributed by atoms with Crippen molar-refractivity contribution in [3.63, 3.8) is 0 Å². The Hall–Kier alpha value is -2.93. The normalized spacial score (nSPS) is 14.1. The van der Waals surface area contributed by atoms with E-state index in [2.05, 4.69) is 60.2 Å². The number of rotatable bonds is 6. The zero-order valence-corrected chi connectivity index (χ0v) is 19.4. The van der Waals surface area contributed by atoms with Gasteiger partial charge < -0.3 is 19.1 Å². The molecule has 0 saturated carbocycles. The highest BCUT2D eigenvalue weighted by Gasteiger charge is 2.25. The van der Waals surface area contributed by atoms with Crippen LogP contribution in [0.4, 0.5) is 4.79 Å². The number of thioether (sulfide) groups is 1. The van der Waals surface area contributed by atoms with Gasteiger partial charge >= 0.3 is 6.09 Å². The summed E-state index contributed by atoms with van der Waals surface area (Å²) >= 11 is 1.58. The van der Waals surface area contributed by atoms with Crippen molar-refractivity contribution in [2.24, 2.45) is 0 Å². The zero-order chi connectivity index (χ0) is 22.5. The van der Waals surface area contributed by atoms with Crippen LogP contribution in [-0.4, -0.2) is 64.9 Å². The van der Waals surface area contributed by atoms with Gasteiger partial charge in [-0.3, -0.25) is 4.79 Å². The summed E-state index contributed by atoms with van der Waals surface area (Å²) < 4.78 is 7.31. The second kappa shape index (κ2) is 10.1. The standard InChI is InChI=1S/C25H29N3O3S/c1-3-31-25(30)27-13-11-26(12-14-27)24(29)18-32-23-17-28(22-10-5-4-9-21(22)23)16-20-8-6-7-19(2)15-20/h4-10,15,17H,3,11-14,16,18H2,1-2H3. The van der Waals surface area contributed by atoms with E-state index in [0.717, 1.165) is 11.4 Å².